The van der Waals surface area contributed by atoms with Gasteiger partial charge in [0.15, 0.2) is 0 Å². The average molecular weight is 458 g/mol. The largest absolute Gasteiger partial charge is 0.387 e. The van der Waals surface area contributed by atoms with Crippen molar-refractivity contribution in [3.8, 4) is 17.2 Å². The molecule has 8 nitrogen and oxygen atoms in total. The fourth-order valence-electron chi connectivity index (χ4n) is 4.23. The number of hydrogen-bond donors (Lipinski definition) is 2. The fourth-order valence-corrected chi connectivity index (χ4v) is 4.23. The highest BCUT2D eigenvalue weighted by atomic mass is 19.1. The molecule has 1 fully saturated rings. The van der Waals surface area contributed by atoms with Gasteiger partial charge in [0.05, 0.1) is 29.4 Å². The number of carbonyl (C=O) groups is 1. The Morgan fingerprint density at radius 1 is 1.26 bits per heavy atom. The molecule has 9 heteroatoms. The molecular formula is C25H23FN6O2. The Labute approximate surface area is 195 Å². The zero-order chi connectivity index (χ0) is 24.0. The Hall–Kier alpha value is -3.90. The molecule has 172 valence electrons. The topological polar surface area (TPSA) is 116 Å². The fraction of sp³-hybridized carbons (Fsp3) is 0.320. The number of amides is 1. The number of carbonyl (C=O) groups excluding carboxylic acids is 1. The molecular weight excluding hydrogens is 435 g/mol. The molecule has 34 heavy (non-hydrogen) atoms. The van der Waals surface area contributed by atoms with Crippen molar-refractivity contribution in [1.29, 1.82) is 5.26 Å². The number of nitrogens with one attached hydrogen (secondary N) is 1. The number of aryl methyl sites for hydroxylation is 1. The molecule has 4 heterocycles. The maximum absolute atomic E-state index is 13.2. The lowest BCUT2D eigenvalue weighted by Gasteiger charge is -2.14. The van der Waals surface area contributed by atoms with Gasteiger partial charge < -0.3 is 10.4 Å². The number of imidazole rings is 1. The van der Waals surface area contributed by atoms with Gasteiger partial charge >= 0.3 is 0 Å². The first-order valence-corrected chi connectivity index (χ1v) is 11.2. The van der Waals surface area contributed by atoms with E-state index in [1.165, 1.54) is 6.20 Å². The number of aliphatic hydroxyl groups is 1. The van der Waals surface area contributed by atoms with Crippen molar-refractivity contribution in [3.05, 3.63) is 53.7 Å². The molecule has 2 N–H and O–H groups in total. The number of pyridine rings is 3. The summed E-state index contributed by atoms with van der Waals surface area (Å²) in [4.78, 5) is 25.5. The second-order valence-electron chi connectivity index (χ2n) is 8.68. The minimum atomic E-state index is -1.10. The monoisotopic (exact) mass is 458 g/mol. The zero-order valence-electron chi connectivity index (χ0n) is 18.8. The highest BCUT2D eigenvalue weighted by molar-refractivity contribution is 5.97. The van der Waals surface area contributed by atoms with Gasteiger partial charge in [0, 0.05) is 35.0 Å². The van der Waals surface area contributed by atoms with Crippen LogP contribution in [0, 0.1) is 24.2 Å². The Morgan fingerprint density at radius 2 is 2.06 bits per heavy atom. The van der Waals surface area contributed by atoms with Crippen LogP contribution in [-0.2, 0) is 4.79 Å². The lowest BCUT2D eigenvalue weighted by Crippen LogP contribution is -2.16. The van der Waals surface area contributed by atoms with Gasteiger partial charge in [0.2, 0.25) is 5.91 Å². The quantitative estimate of drug-likeness (QED) is 0.446. The van der Waals surface area contributed by atoms with Gasteiger partial charge in [-0.3, -0.25) is 14.2 Å². The normalized spacial score (nSPS) is 18.1. The van der Waals surface area contributed by atoms with Gasteiger partial charge in [-0.05, 0) is 37.5 Å². The number of anilines is 1. The van der Waals surface area contributed by atoms with E-state index >= 15 is 0 Å². The molecule has 0 bridgehead atoms. The molecule has 4 aromatic rings. The number of aromatic nitrogens is 4. The number of nitriles is 1. The maximum Gasteiger partial charge on any atom is 0.231 e. The number of rotatable bonds is 6. The maximum atomic E-state index is 13.2. The van der Waals surface area contributed by atoms with E-state index in [1.807, 2.05) is 26.0 Å². The molecule has 1 aliphatic carbocycles. The van der Waals surface area contributed by atoms with Crippen molar-refractivity contribution in [1.82, 2.24) is 19.4 Å². The number of hydrogen-bond acceptors (Lipinski definition) is 6. The van der Waals surface area contributed by atoms with Crippen molar-refractivity contribution in [2.45, 2.75) is 45.4 Å². The lowest BCUT2D eigenvalue weighted by molar-refractivity contribution is -0.117. The van der Waals surface area contributed by atoms with E-state index in [-0.39, 0.29) is 12.2 Å². The highest BCUT2D eigenvalue weighted by Gasteiger charge is 2.43. The summed E-state index contributed by atoms with van der Waals surface area (Å²) in [5.74, 6) is -0.738. The molecule has 1 unspecified atom stereocenters. The van der Waals surface area contributed by atoms with E-state index in [0.29, 0.717) is 29.0 Å². The minimum Gasteiger partial charge on any atom is -0.387 e. The van der Waals surface area contributed by atoms with Crippen LogP contribution in [0.4, 0.5) is 10.2 Å². The third-order valence-electron chi connectivity index (χ3n) is 6.20. The molecule has 0 radical (unpaired) electrons. The van der Waals surface area contributed by atoms with Crippen LogP contribution in [0.15, 0.2) is 36.8 Å². The number of alkyl halides is 1. The predicted molar refractivity (Wildman–Crippen MR) is 125 cm³/mol. The highest BCUT2D eigenvalue weighted by Crippen LogP contribution is 2.36. The van der Waals surface area contributed by atoms with Crippen molar-refractivity contribution in [2.75, 3.05) is 5.32 Å². The number of aliphatic hydroxyl groups excluding tert-OH is 1. The van der Waals surface area contributed by atoms with Crippen LogP contribution in [0.5, 0.6) is 0 Å². The molecule has 1 amide bonds. The Balaban J connectivity index is 1.63. The van der Waals surface area contributed by atoms with E-state index in [1.54, 1.807) is 22.9 Å². The van der Waals surface area contributed by atoms with E-state index in [2.05, 4.69) is 26.3 Å². The molecule has 0 aliphatic heterocycles. The summed E-state index contributed by atoms with van der Waals surface area (Å²) >= 11 is 0. The summed E-state index contributed by atoms with van der Waals surface area (Å²) in [6, 6.07) is 7.62. The van der Waals surface area contributed by atoms with Crippen molar-refractivity contribution in [2.24, 2.45) is 5.92 Å². The van der Waals surface area contributed by atoms with Crippen LogP contribution in [0.25, 0.3) is 27.7 Å². The molecule has 5 rings (SSSR count). The summed E-state index contributed by atoms with van der Waals surface area (Å²) < 4.78 is 15.0. The molecule has 0 aromatic carbocycles. The summed E-state index contributed by atoms with van der Waals surface area (Å²) in [6.45, 7) is 3.96. The van der Waals surface area contributed by atoms with Crippen molar-refractivity contribution >= 4 is 28.3 Å². The van der Waals surface area contributed by atoms with Gasteiger partial charge in [0.25, 0.3) is 0 Å². The first-order chi connectivity index (χ1) is 16.4. The first-order valence-electron chi connectivity index (χ1n) is 11.2. The predicted octanol–water partition coefficient (Wildman–Crippen LogP) is 4.25. The van der Waals surface area contributed by atoms with Crippen LogP contribution in [-0.4, -0.2) is 36.5 Å². The van der Waals surface area contributed by atoms with E-state index in [0.717, 1.165) is 28.5 Å². The Morgan fingerprint density at radius 3 is 2.74 bits per heavy atom. The van der Waals surface area contributed by atoms with Crippen LogP contribution in [0.2, 0.25) is 0 Å². The Bertz CT molecular complexity index is 1470. The smallest absolute Gasteiger partial charge is 0.231 e. The second-order valence-corrected chi connectivity index (χ2v) is 8.68. The van der Waals surface area contributed by atoms with Gasteiger partial charge in [-0.25, -0.2) is 14.4 Å². The van der Waals surface area contributed by atoms with Crippen molar-refractivity contribution in [3.63, 3.8) is 0 Å². The number of fused-ring (bicyclic) bond motifs is 3. The number of halogens is 1. The van der Waals surface area contributed by atoms with E-state index < -0.39 is 24.1 Å². The standard InChI is InChI=1S/C25H23FN6O2/c1-3-4-22(33)20-5-13(2)18(12-28-20)16-6-14-10-29-23(31-25(34)17-7-19(17)26)8-21(14)32-15(9-27)11-30-24(16)32/h5-6,8,10-12,17,19,22,33H,3-4,7H2,1-2H3,(H,29,31,34)/t17-,19+,22?/m1/s1. The van der Waals surface area contributed by atoms with E-state index in [9.17, 15) is 19.6 Å². The van der Waals surface area contributed by atoms with Crippen LogP contribution in [0.1, 0.15) is 49.2 Å². The third-order valence-corrected chi connectivity index (χ3v) is 6.20. The van der Waals surface area contributed by atoms with Crippen LogP contribution >= 0.6 is 0 Å². The molecule has 3 atom stereocenters. The van der Waals surface area contributed by atoms with Gasteiger partial charge in [-0.15, -0.1) is 0 Å². The van der Waals surface area contributed by atoms with Crippen LogP contribution < -0.4 is 5.32 Å². The molecule has 0 spiro atoms. The Kier molecular flexibility index (Phi) is 5.46. The SMILES string of the molecule is CCCC(O)c1cc(C)c(-c2cc3cnc(NC(=O)[C@@H]4C[C@@H]4F)cc3n3c(C#N)cnc23)cn1. The summed E-state index contributed by atoms with van der Waals surface area (Å²) in [5.41, 5.74) is 4.68. The lowest BCUT2D eigenvalue weighted by atomic mass is 10.00. The molecule has 1 aliphatic rings. The number of nitrogens with zero attached hydrogens (tertiary/aromatic N) is 5. The summed E-state index contributed by atoms with van der Waals surface area (Å²) in [6.07, 6.45) is 4.82. The zero-order valence-corrected chi connectivity index (χ0v) is 18.8. The van der Waals surface area contributed by atoms with Gasteiger partial charge in [-0.1, -0.05) is 13.3 Å². The van der Waals surface area contributed by atoms with Gasteiger partial charge in [0.1, 0.15) is 29.4 Å². The first kappa shape index (κ1) is 21.9. The average Bonchev–Trinajstić information content (AvgIpc) is 3.40. The molecule has 0 saturated heterocycles. The third kappa shape index (κ3) is 3.76. The molecule has 1 saturated carbocycles. The molecule has 4 aromatic heterocycles. The van der Waals surface area contributed by atoms with Crippen molar-refractivity contribution < 1.29 is 14.3 Å². The van der Waals surface area contributed by atoms with E-state index in [4.69, 9.17) is 0 Å². The minimum absolute atomic E-state index is 0.231. The van der Waals surface area contributed by atoms with Gasteiger partial charge in [-0.2, -0.15) is 5.26 Å². The second kappa shape index (κ2) is 8.47. The summed E-state index contributed by atoms with van der Waals surface area (Å²) in [7, 11) is 0. The summed E-state index contributed by atoms with van der Waals surface area (Å²) in [5, 5.41) is 23.4. The van der Waals surface area contributed by atoms with Crippen LogP contribution in [0.3, 0.4) is 0 Å².